The fraction of sp³-hybridized carbons (Fsp3) is 0.368. The van der Waals surface area contributed by atoms with Crippen molar-refractivity contribution in [2.24, 2.45) is 7.05 Å². The predicted molar refractivity (Wildman–Crippen MR) is 95.8 cm³/mol. The number of nitrogens with zero attached hydrogens (tertiary/aromatic N) is 4. The minimum atomic E-state index is -0.442. The number of hydrogen-bond acceptors (Lipinski definition) is 5. The van der Waals surface area contributed by atoms with Gasteiger partial charge in [0.05, 0.1) is 17.8 Å². The van der Waals surface area contributed by atoms with Crippen LogP contribution in [0.1, 0.15) is 48.2 Å². The number of amides is 1. The van der Waals surface area contributed by atoms with E-state index in [0.29, 0.717) is 29.8 Å². The van der Waals surface area contributed by atoms with Crippen molar-refractivity contribution in [1.82, 2.24) is 19.4 Å². The van der Waals surface area contributed by atoms with Crippen molar-refractivity contribution in [1.29, 1.82) is 0 Å². The Morgan fingerprint density at radius 2 is 2.00 bits per heavy atom. The summed E-state index contributed by atoms with van der Waals surface area (Å²) >= 11 is 0. The summed E-state index contributed by atoms with van der Waals surface area (Å²) in [5.41, 5.74) is 3.33. The van der Waals surface area contributed by atoms with E-state index in [0.717, 1.165) is 17.1 Å². The smallest absolute Gasteiger partial charge is 0.408 e. The maximum atomic E-state index is 12.9. The van der Waals surface area contributed by atoms with E-state index in [-0.39, 0.29) is 11.3 Å². The van der Waals surface area contributed by atoms with E-state index in [1.165, 1.54) is 4.57 Å². The molecule has 1 aliphatic heterocycles. The highest BCUT2D eigenvalue weighted by atomic mass is 16.4. The average molecular weight is 352 g/mol. The Bertz CT molecular complexity index is 1090. The normalized spacial score (nSPS) is 14.1. The van der Waals surface area contributed by atoms with Crippen molar-refractivity contribution in [2.75, 3.05) is 0 Å². The second-order valence-corrected chi connectivity index (χ2v) is 7.69. The number of fused-ring (bicyclic) bond motifs is 2. The fourth-order valence-electron chi connectivity index (χ4n) is 3.10. The van der Waals surface area contributed by atoms with Gasteiger partial charge in [-0.25, -0.2) is 14.8 Å². The number of carbonyl (C=O) groups is 1. The number of rotatable bonds is 1. The highest BCUT2D eigenvalue weighted by Crippen LogP contribution is 2.26. The minimum absolute atomic E-state index is 0.101. The van der Waals surface area contributed by atoms with E-state index in [9.17, 15) is 9.59 Å². The molecule has 2 aromatic heterocycles. The van der Waals surface area contributed by atoms with Crippen LogP contribution in [-0.4, -0.2) is 25.3 Å². The van der Waals surface area contributed by atoms with Gasteiger partial charge >= 0.3 is 5.76 Å². The van der Waals surface area contributed by atoms with Gasteiger partial charge < -0.3 is 9.32 Å². The summed E-state index contributed by atoms with van der Waals surface area (Å²) in [4.78, 5) is 35.4. The standard InChI is InChI=1S/C19H20N4O3/c1-19(2,3)17-20-8-12-9-23(10-13(12)21-17)16(24)11-5-6-15-14(7-11)22(4)18(25)26-15/h5-8H,9-10H2,1-4H3. The van der Waals surface area contributed by atoms with Crippen LogP contribution in [0.3, 0.4) is 0 Å². The molecule has 26 heavy (non-hydrogen) atoms. The zero-order valence-corrected chi connectivity index (χ0v) is 15.2. The number of aryl methyl sites for hydroxylation is 1. The van der Waals surface area contributed by atoms with Crippen molar-refractivity contribution in [3.63, 3.8) is 0 Å². The third-order valence-electron chi connectivity index (χ3n) is 4.65. The maximum absolute atomic E-state index is 12.9. The molecule has 0 atom stereocenters. The first kappa shape index (κ1) is 16.5. The van der Waals surface area contributed by atoms with Crippen molar-refractivity contribution in [3.05, 3.63) is 57.6 Å². The second kappa shape index (κ2) is 5.52. The van der Waals surface area contributed by atoms with E-state index >= 15 is 0 Å². The van der Waals surface area contributed by atoms with Crippen LogP contribution in [-0.2, 0) is 25.6 Å². The number of oxazole rings is 1. The van der Waals surface area contributed by atoms with Crippen LogP contribution in [0.2, 0.25) is 0 Å². The van der Waals surface area contributed by atoms with Gasteiger partial charge in [0.15, 0.2) is 5.58 Å². The maximum Gasteiger partial charge on any atom is 0.419 e. The molecule has 0 unspecified atom stereocenters. The Kier molecular flexibility index (Phi) is 3.50. The number of carbonyl (C=O) groups excluding carboxylic acids is 1. The van der Waals surface area contributed by atoms with Gasteiger partial charge in [-0.05, 0) is 18.2 Å². The lowest BCUT2D eigenvalue weighted by Gasteiger charge is -2.16. The van der Waals surface area contributed by atoms with Gasteiger partial charge in [0, 0.05) is 36.3 Å². The molecule has 0 aliphatic carbocycles. The van der Waals surface area contributed by atoms with Gasteiger partial charge in [0.1, 0.15) is 5.82 Å². The average Bonchev–Trinajstić information content (AvgIpc) is 3.14. The van der Waals surface area contributed by atoms with E-state index in [4.69, 9.17) is 4.42 Å². The van der Waals surface area contributed by atoms with Gasteiger partial charge in [-0.3, -0.25) is 9.36 Å². The van der Waals surface area contributed by atoms with Crippen molar-refractivity contribution in [2.45, 2.75) is 39.3 Å². The molecule has 4 rings (SSSR count). The van der Waals surface area contributed by atoms with Gasteiger partial charge in [-0.15, -0.1) is 0 Å². The second-order valence-electron chi connectivity index (χ2n) is 7.69. The lowest BCUT2D eigenvalue weighted by molar-refractivity contribution is 0.0750. The number of hydrogen-bond donors (Lipinski definition) is 0. The SMILES string of the molecule is Cn1c(=O)oc2ccc(C(=O)N3Cc4cnc(C(C)(C)C)nc4C3)cc21. The molecule has 7 nitrogen and oxygen atoms in total. The highest BCUT2D eigenvalue weighted by Gasteiger charge is 2.28. The molecular formula is C19H20N4O3. The molecular weight excluding hydrogens is 332 g/mol. The largest absolute Gasteiger partial charge is 0.419 e. The first-order valence-electron chi connectivity index (χ1n) is 8.48. The van der Waals surface area contributed by atoms with Crippen molar-refractivity contribution < 1.29 is 9.21 Å². The minimum Gasteiger partial charge on any atom is -0.408 e. The van der Waals surface area contributed by atoms with Crippen LogP contribution < -0.4 is 5.76 Å². The molecule has 0 saturated carbocycles. The van der Waals surface area contributed by atoms with Crippen LogP contribution >= 0.6 is 0 Å². The molecule has 1 aromatic carbocycles. The molecule has 3 heterocycles. The first-order valence-corrected chi connectivity index (χ1v) is 8.48. The zero-order valence-electron chi connectivity index (χ0n) is 15.2. The molecule has 0 spiro atoms. The number of aromatic nitrogens is 3. The molecule has 1 aliphatic rings. The Labute approximate surface area is 150 Å². The summed E-state index contributed by atoms with van der Waals surface area (Å²) < 4.78 is 6.51. The molecule has 7 heteroatoms. The Morgan fingerprint density at radius 3 is 2.73 bits per heavy atom. The van der Waals surface area contributed by atoms with E-state index in [1.54, 1.807) is 30.1 Å². The Morgan fingerprint density at radius 1 is 1.23 bits per heavy atom. The van der Waals surface area contributed by atoms with Gasteiger partial charge in [0.2, 0.25) is 0 Å². The van der Waals surface area contributed by atoms with Crippen LogP contribution in [0.15, 0.2) is 33.6 Å². The first-order chi connectivity index (χ1) is 12.2. The number of benzene rings is 1. The van der Waals surface area contributed by atoms with Gasteiger partial charge in [0.25, 0.3) is 5.91 Å². The molecule has 0 fully saturated rings. The summed E-state index contributed by atoms with van der Waals surface area (Å²) in [5.74, 6) is 0.236. The van der Waals surface area contributed by atoms with Gasteiger partial charge in [-0.2, -0.15) is 0 Å². The third-order valence-corrected chi connectivity index (χ3v) is 4.65. The Balaban J connectivity index is 1.63. The fourth-order valence-corrected chi connectivity index (χ4v) is 3.10. The molecule has 0 N–H and O–H groups in total. The summed E-state index contributed by atoms with van der Waals surface area (Å²) in [6.07, 6.45) is 1.82. The van der Waals surface area contributed by atoms with Crippen LogP contribution in [0, 0.1) is 0 Å². The lowest BCUT2D eigenvalue weighted by Crippen LogP contribution is -2.25. The quantitative estimate of drug-likeness (QED) is 0.672. The third kappa shape index (κ3) is 2.60. The zero-order chi connectivity index (χ0) is 18.6. The summed E-state index contributed by atoms with van der Waals surface area (Å²) in [5, 5.41) is 0. The lowest BCUT2D eigenvalue weighted by atomic mass is 9.95. The Hall–Kier alpha value is -2.96. The van der Waals surface area contributed by atoms with Crippen LogP contribution in [0.5, 0.6) is 0 Å². The predicted octanol–water partition coefficient (Wildman–Crippen LogP) is 2.38. The van der Waals surface area contributed by atoms with E-state index in [2.05, 4.69) is 30.7 Å². The van der Waals surface area contributed by atoms with E-state index in [1.807, 2.05) is 6.20 Å². The summed E-state index contributed by atoms with van der Waals surface area (Å²) in [7, 11) is 1.62. The summed E-state index contributed by atoms with van der Waals surface area (Å²) in [6, 6.07) is 5.03. The molecule has 0 radical (unpaired) electrons. The van der Waals surface area contributed by atoms with Crippen LogP contribution in [0.25, 0.3) is 11.1 Å². The van der Waals surface area contributed by atoms with Crippen molar-refractivity contribution >= 4 is 17.0 Å². The molecule has 134 valence electrons. The monoisotopic (exact) mass is 352 g/mol. The van der Waals surface area contributed by atoms with Crippen LogP contribution in [0.4, 0.5) is 0 Å². The van der Waals surface area contributed by atoms with E-state index < -0.39 is 5.76 Å². The molecule has 3 aromatic rings. The molecule has 0 saturated heterocycles. The molecule has 0 bridgehead atoms. The molecule has 1 amide bonds. The highest BCUT2D eigenvalue weighted by molar-refractivity contribution is 5.97. The topological polar surface area (TPSA) is 81.2 Å². The van der Waals surface area contributed by atoms with Gasteiger partial charge in [-0.1, -0.05) is 20.8 Å². The summed E-state index contributed by atoms with van der Waals surface area (Å²) in [6.45, 7) is 7.15. The van der Waals surface area contributed by atoms with Crippen molar-refractivity contribution in [3.8, 4) is 0 Å².